The molecule has 0 bridgehead atoms. The molecule has 0 unspecified atom stereocenters. The highest BCUT2D eigenvalue weighted by atomic mass is 16.5. The van der Waals surface area contributed by atoms with E-state index < -0.39 is 5.91 Å². The van der Waals surface area contributed by atoms with Crippen molar-refractivity contribution in [1.82, 2.24) is 0 Å². The number of carbonyl (C=O) groups excluding carboxylic acids is 1. The summed E-state index contributed by atoms with van der Waals surface area (Å²) in [6.45, 7) is 2.45. The zero-order chi connectivity index (χ0) is 14.5. The van der Waals surface area contributed by atoms with Gasteiger partial charge in [0.15, 0.2) is 5.75 Å². The molecule has 1 amide bonds. The molecule has 0 saturated heterocycles. The van der Waals surface area contributed by atoms with E-state index in [-0.39, 0.29) is 0 Å². The van der Waals surface area contributed by atoms with Gasteiger partial charge in [-0.1, -0.05) is 37.3 Å². The lowest BCUT2D eigenvalue weighted by molar-refractivity contribution is 0.0996. The van der Waals surface area contributed by atoms with Crippen LogP contribution in [-0.2, 0) is 13.0 Å². The van der Waals surface area contributed by atoms with E-state index in [4.69, 9.17) is 16.2 Å². The fourth-order valence-corrected chi connectivity index (χ4v) is 1.94. The first-order valence-corrected chi connectivity index (χ1v) is 6.50. The molecule has 4 nitrogen and oxygen atoms in total. The van der Waals surface area contributed by atoms with Crippen LogP contribution in [-0.4, -0.2) is 5.91 Å². The molecule has 20 heavy (non-hydrogen) atoms. The monoisotopic (exact) mass is 270 g/mol. The molecule has 0 fully saturated rings. The molecule has 0 atom stereocenters. The summed E-state index contributed by atoms with van der Waals surface area (Å²) in [5.41, 5.74) is 14.1. The van der Waals surface area contributed by atoms with Gasteiger partial charge >= 0.3 is 0 Å². The highest BCUT2D eigenvalue weighted by molar-refractivity contribution is 5.97. The number of para-hydroxylation sites is 1. The average Bonchev–Trinajstić information content (AvgIpc) is 2.46. The van der Waals surface area contributed by atoms with Crippen LogP contribution in [0.4, 0.5) is 5.69 Å². The minimum atomic E-state index is -0.548. The maximum Gasteiger partial charge on any atom is 0.252 e. The number of anilines is 1. The van der Waals surface area contributed by atoms with Crippen LogP contribution < -0.4 is 16.2 Å². The summed E-state index contributed by atoms with van der Waals surface area (Å²) in [4.78, 5) is 11.4. The first-order valence-electron chi connectivity index (χ1n) is 6.50. The lowest BCUT2D eigenvalue weighted by Crippen LogP contribution is -2.14. The van der Waals surface area contributed by atoms with Gasteiger partial charge in [-0.2, -0.15) is 0 Å². The molecule has 0 aliphatic heterocycles. The quantitative estimate of drug-likeness (QED) is 0.819. The SMILES string of the molecule is CCc1ccc(COc2c(N)cccc2C(N)=O)cc1. The fourth-order valence-electron chi connectivity index (χ4n) is 1.94. The van der Waals surface area contributed by atoms with Gasteiger partial charge in [-0.15, -0.1) is 0 Å². The van der Waals surface area contributed by atoms with Crippen LogP contribution >= 0.6 is 0 Å². The van der Waals surface area contributed by atoms with Gasteiger partial charge in [0.05, 0.1) is 11.3 Å². The Bertz CT molecular complexity index is 606. The number of hydrogen-bond acceptors (Lipinski definition) is 3. The third-order valence-corrected chi connectivity index (χ3v) is 3.13. The summed E-state index contributed by atoms with van der Waals surface area (Å²) in [5.74, 6) is -0.201. The Labute approximate surface area is 118 Å². The van der Waals surface area contributed by atoms with E-state index in [1.165, 1.54) is 5.56 Å². The number of rotatable bonds is 5. The Morgan fingerprint density at radius 1 is 1.10 bits per heavy atom. The second kappa shape index (κ2) is 6.10. The molecule has 0 aliphatic rings. The number of carbonyl (C=O) groups is 1. The molecule has 0 heterocycles. The molecule has 4 heteroatoms. The Morgan fingerprint density at radius 2 is 1.75 bits per heavy atom. The second-order valence-corrected chi connectivity index (χ2v) is 4.55. The third kappa shape index (κ3) is 3.09. The average molecular weight is 270 g/mol. The first kappa shape index (κ1) is 13.9. The van der Waals surface area contributed by atoms with Gasteiger partial charge in [0.1, 0.15) is 6.61 Å². The van der Waals surface area contributed by atoms with Crippen molar-refractivity contribution in [3.63, 3.8) is 0 Å². The zero-order valence-corrected chi connectivity index (χ0v) is 11.4. The normalized spacial score (nSPS) is 10.2. The molecule has 4 N–H and O–H groups in total. The van der Waals surface area contributed by atoms with Gasteiger partial charge in [-0.3, -0.25) is 4.79 Å². The van der Waals surface area contributed by atoms with Crippen molar-refractivity contribution in [2.75, 3.05) is 5.73 Å². The number of benzene rings is 2. The van der Waals surface area contributed by atoms with Crippen LogP contribution in [0.25, 0.3) is 0 Å². The molecule has 2 aromatic rings. The van der Waals surface area contributed by atoms with Gasteiger partial charge in [0.25, 0.3) is 5.91 Å². The summed E-state index contributed by atoms with van der Waals surface area (Å²) < 4.78 is 5.66. The van der Waals surface area contributed by atoms with Crippen molar-refractivity contribution in [3.8, 4) is 5.75 Å². The molecule has 0 aromatic heterocycles. The van der Waals surface area contributed by atoms with Crippen molar-refractivity contribution in [3.05, 3.63) is 59.2 Å². The smallest absolute Gasteiger partial charge is 0.252 e. The molecule has 104 valence electrons. The van der Waals surface area contributed by atoms with E-state index in [1.54, 1.807) is 18.2 Å². The van der Waals surface area contributed by atoms with Crippen molar-refractivity contribution in [2.45, 2.75) is 20.0 Å². The van der Waals surface area contributed by atoms with E-state index in [9.17, 15) is 4.79 Å². The number of aryl methyl sites for hydroxylation is 1. The summed E-state index contributed by atoms with van der Waals surface area (Å²) in [6.07, 6.45) is 0.999. The highest BCUT2D eigenvalue weighted by Gasteiger charge is 2.12. The zero-order valence-electron chi connectivity index (χ0n) is 11.4. The van der Waals surface area contributed by atoms with E-state index in [2.05, 4.69) is 19.1 Å². The van der Waals surface area contributed by atoms with Gasteiger partial charge in [-0.05, 0) is 29.7 Å². The number of nitrogen functional groups attached to an aromatic ring is 1. The third-order valence-electron chi connectivity index (χ3n) is 3.13. The van der Waals surface area contributed by atoms with Crippen LogP contribution in [0.3, 0.4) is 0 Å². The van der Waals surface area contributed by atoms with Crippen LogP contribution in [0.15, 0.2) is 42.5 Å². The van der Waals surface area contributed by atoms with E-state index in [0.717, 1.165) is 12.0 Å². The molecule has 0 saturated carbocycles. The molecular formula is C16H18N2O2. The summed E-state index contributed by atoms with van der Waals surface area (Å²) in [5, 5.41) is 0. The van der Waals surface area contributed by atoms with Crippen molar-refractivity contribution >= 4 is 11.6 Å². The predicted molar refractivity (Wildman–Crippen MR) is 79.5 cm³/mol. The van der Waals surface area contributed by atoms with E-state index in [0.29, 0.717) is 23.6 Å². The van der Waals surface area contributed by atoms with Gasteiger partial charge in [0.2, 0.25) is 0 Å². The molecule has 0 aliphatic carbocycles. The number of hydrogen-bond donors (Lipinski definition) is 2. The van der Waals surface area contributed by atoms with E-state index >= 15 is 0 Å². The molecule has 0 spiro atoms. The summed E-state index contributed by atoms with van der Waals surface area (Å²) in [7, 11) is 0. The Morgan fingerprint density at radius 3 is 2.35 bits per heavy atom. The standard InChI is InChI=1S/C16H18N2O2/c1-2-11-6-8-12(9-7-11)10-20-15-13(16(18)19)4-3-5-14(15)17/h3-9H,2,10,17H2,1H3,(H2,18,19). The summed E-state index contributed by atoms with van der Waals surface area (Å²) in [6, 6.07) is 13.1. The highest BCUT2D eigenvalue weighted by Crippen LogP contribution is 2.26. The Hall–Kier alpha value is -2.49. The Balaban J connectivity index is 2.16. The minimum absolute atomic E-state index is 0.301. The summed E-state index contributed by atoms with van der Waals surface area (Å²) >= 11 is 0. The van der Waals surface area contributed by atoms with Crippen LogP contribution in [0.5, 0.6) is 5.75 Å². The van der Waals surface area contributed by atoms with Crippen molar-refractivity contribution in [1.29, 1.82) is 0 Å². The fraction of sp³-hybridized carbons (Fsp3) is 0.188. The Kier molecular flexibility index (Phi) is 4.25. The first-order chi connectivity index (χ1) is 9.61. The van der Waals surface area contributed by atoms with Crippen molar-refractivity contribution in [2.24, 2.45) is 5.73 Å². The molecule has 0 radical (unpaired) electrons. The lowest BCUT2D eigenvalue weighted by Gasteiger charge is -2.12. The van der Waals surface area contributed by atoms with Crippen LogP contribution in [0, 0.1) is 0 Å². The van der Waals surface area contributed by atoms with Gasteiger partial charge in [-0.25, -0.2) is 0 Å². The second-order valence-electron chi connectivity index (χ2n) is 4.55. The predicted octanol–water partition coefficient (Wildman–Crippen LogP) is 2.51. The topological polar surface area (TPSA) is 78.3 Å². The molecule has 2 aromatic carbocycles. The van der Waals surface area contributed by atoms with Gasteiger partial charge < -0.3 is 16.2 Å². The van der Waals surface area contributed by atoms with Crippen LogP contribution in [0.1, 0.15) is 28.4 Å². The number of ether oxygens (including phenoxy) is 1. The van der Waals surface area contributed by atoms with E-state index in [1.807, 2.05) is 12.1 Å². The molecule has 2 rings (SSSR count). The molecular weight excluding hydrogens is 252 g/mol. The van der Waals surface area contributed by atoms with Crippen LogP contribution in [0.2, 0.25) is 0 Å². The maximum atomic E-state index is 11.4. The van der Waals surface area contributed by atoms with Crippen molar-refractivity contribution < 1.29 is 9.53 Å². The maximum absolute atomic E-state index is 11.4. The minimum Gasteiger partial charge on any atom is -0.486 e. The number of nitrogens with two attached hydrogens (primary N) is 2. The lowest BCUT2D eigenvalue weighted by atomic mass is 10.1. The van der Waals surface area contributed by atoms with Gasteiger partial charge in [0, 0.05) is 0 Å². The number of primary amides is 1. The number of amides is 1. The largest absolute Gasteiger partial charge is 0.486 e.